The van der Waals surface area contributed by atoms with Gasteiger partial charge in [0, 0.05) is 12.4 Å². The van der Waals surface area contributed by atoms with E-state index in [1.807, 2.05) is 44.3 Å². The molecule has 0 spiro atoms. The van der Waals surface area contributed by atoms with Gasteiger partial charge in [-0.15, -0.1) is 0 Å². The lowest BCUT2D eigenvalue weighted by Crippen LogP contribution is -1.81. The summed E-state index contributed by atoms with van der Waals surface area (Å²) in [5.41, 5.74) is 1.20. The first-order chi connectivity index (χ1) is 8.36. The Labute approximate surface area is 111 Å². The van der Waals surface area contributed by atoms with E-state index in [0.29, 0.717) is 0 Å². The van der Waals surface area contributed by atoms with E-state index in [-0.39, 0.29) is 0 Å². The van der Waals surface area contributed by atoms with E-state index in [2.05, 4.69) is 23.0 Å². The molecular weight excluding hydrogens is 248 g/mol. The van der Waals surface area contributed by atoms with Gasteiger partial charge in [-0.1, -0.05) is 26.0 Å². The van der Waals surface area contributed by atoms with E-state index in [0.717, 1.165) is 10.1 Å². The van der Waals surface area contributed by atoms with E-state index >= 15 is 0 Å². The van der Waals surface area contributed by atoms with Crippen LogP contribution in [0, 0.1) is 6.92 Å². The second kappa shape index (κ2) is 8.14. The standard InChI is InChI=1S/C11H10N2S2.C2H6/c1-9-5-4-8-13-11(9)15-14-10-6-2-3-7-12-10;1-2/h2-8H,1H3;1-2H3. The van der Waals surface area contributed by atoms with Gasteiger partial charge in [-0.2, -0.15) is 0 Å². The molecule has 0 bridgehead atoms. The molecule has 0 unspecified atom stereocenters. The predicted molar refractivity (Wildman–Crippen MR) is 76.3 cm³/mol. The van der Waals surface area contributed by atoms with Gasteiger partial charge in [0.25, 0.3) is 0 Å². The quantitative estimate of drug-likeness (QED) is 0.756. The molecule has 0 amide bonds. The molecular formula is C13H16N2S2. The van der Waals surface area contributed by atoms with Gasteiger partial charge >= 0.3 is 0 Å². The van der Waals surface area contributed by atoms with E-state index in [1.165, 1.54) is 5.56 Å². The summed E-state index contributed by atoms with van der Waals surface area (Å²) in [6.45, 7) is 6.06. The van der Waals surface area contributed by atoms with Crippen LogP contribution in [0.25, 0.3) is 0 Å². The molecule has 2 heterocycles. The van der Waals surface area contributed by atoms with E-state index in [4.69, 9.17) is 0 Å². The lowest BCUT2D eigenvalue weighted by molar-refractivity contribution is 1.09. The Kier molecular flexibility index (Phi) is 6.74. The molecule has 90 valence electrons. The van der Waals surface area contributed by atoms with Crippen molar-refractivity contribution in [3.8, 4) is 0 Å². The summed E-state index contributed by atoms with van der Waals surface area (Å²) in [6, 6.07) is 9.91. The average Bonchev–Trinajstić information content (AvgIpc) is 2.41. The van der Waals surface area contributed by atoms with Gasteiger partial charge in [-0.05, 0) is 52.3 Å². The highest BCUT2D eigenvalue weighted by atomic mass is 33.1. The third-order valence-electron chi connectivity index (χ3n) is 1.81. The minimum atomic E-state index is 1.01. The molecule has 0 atom stereocenters. The van der Waals surface area contributed by atoms with Gasteiger partial charge in [0.05, 0.1) is 0 Å². The second-order valence-electron chi connectivity index (χ2n) is 2.96. The zero-order valence-corrected chi connectivity index (χ0v) is 11.9. The summed E-state index contributed by atoms with van der Waals surface area (Å²) in [7, 11) is 3.27. The summed E-state index contributed by atoms with van der Waals surface area (Å²) in [5, 5.41) is 2.06. The Morgan fingerprint density at radius 3 is 2.29 bits per heavy atom. The molecule has 17 heavy (non-hydrogen) atoms. The van der Waals surface area contributed by atoms with Crippen molar-refractivity contribution in [1.82, 2.24) is 9.97 Å². The van der Waals surface area contributed by atoms with Gasteiger partial charge in [0.15, 0.2) is 0 Å². The van der Waals surface area contributed by atoms with Crippen LogP contribution >= 0.6 is 21.6 Å². The highest BCUT2D eigenvalue weighted by molar-refractivity contribution is 8.76. The maximum Gasteiger partial charge on any atom is 0.110 e. The first-order valence-electron chi connectivity index (χ1n) is 5.53. The normalized spacial score (nSPS) is 9.35. The number of aryl methyl sites for hydroxylation is 1. The predicted octanol–water partition coefficient (Wildman–Crippen LogP) is 4.61. The molecule has 0 radical (unpaired) electrons. The Morgan fingerprint density at radius 2 is 1.65 bits per heavy atom. The van der Waals surface area contributed by atoms with Crippen LogP contribution in [0.2, 0.25) is 0 Å². The summed E-state index contributed by atoms with van der Waals surface area (Å²) in [5.74, 6) is 0. The van der Waals surface area contributed by atoms with Crippen LogP contribution in [-0.2, 0) is 0 Å². The Bertz CT molecular complexity index is 432. The fraction of sp³-hybridized carbons (Fsp3) is 0.231. The van der Waals surface area contributed by atoms with Gasteiger partial charge < -0.3 is 0 Å². The summed E-state index contributed by atoms with van der Waals surface area (Å²) >= 11 is 0. The fourth-order valence-electron chi connectivity index (χ4n) is 1.04. The van der Waals surface area contributed by atoms with Crippen LogP contribution in [0.5, 0.6) is 0 Å². The smallest absolute Gasteiger partial charge is 0.110 e. The maximum absolute atomic E-state index is 4.31. The molecule has 2 aromatic rings. The number of aromatic nitrogens is 2. The molecule has 0 aromatic carbocycles. The molecule has 0 aliphatic rings. The first-order valence-corrected chi connectivity index (χ1v) is 7.68. The largest absolute Gasteiger partial charge is 0.249 e. The van der Waals surface area contributed by atoms with Crippen molar-refractivity contribution in [3.63, 3.8) is 0 Å². The van der Waals surface area contributed by atoms with E-state index < -0.39 is 0 Å². The third-order valence-corrected chi connectivity index (χ3v) is 4.12. The van der Waals surface area contributed by atoms with Crippen molar-refractivity contribution >= 4 is 21.6 Å². The van der Waals surface area contributed by atoms with E-state index in [9.17, 15) is 0 Å². The Morgan fingerprint density at radius 1 is 0.882 bits per heavy atom. The molecule has 0 saturated heterocycles. The maximum atomic E-state index is 4.31. The first kappa shape index (κ1) is 14.1. The minimum absolute atomic E-state index is 1.01. The van der Waals surface area contributed by atoms with Crippen LogP contribution in [-0.4, -0.2) is 9.97 Å². The van der Waals surface area contributed by atoms with Crippen molar-refractivity contribution in [3.05, 3.63) is 48.3 Å². The minimum Gasteiger partial charge on any atom is -0.249 e. The average molecular weight is 264 g/mol. The van der Waals surface area contributed by atoms with Crippen molar-refractivity contribution in [2.75, 3.05) is 0 Å². The van der Waals surface area contributed by atoms with Gasteiger partial charge in [0.1, 0.15) is 10.1 Å². The number of rotatable bonds is 3. The molecule has 2 rings (SSSR count). The SMILES string of the molecule is CC.Cc1cccnc1SSc1ccccn1. The van der Waals surface area contributed by atoms with Crippen molar-refractivity contribution in [2.45, 2.75) is 30.8 Å². The molecule has 2 aromatic heterocycles. The number of nitrogens with zero attached hydrogens (tertiary/aromatic N) is 2. The molecule has 4 heteroatoms. The molecule has 0 fully saturated rings. The molecule has 2 nitrogen and oxygen atoms in total. The lowest BCUT2D eigenvalue weighted by atomic mass is 10.3. The fourth-order valence-corrected chi connectivity index (χ4v) is 3.05. The zero-order valence-electron chi connectivity index (χ0n) is 10.3. The van der Waals surface area contributed by atoms with Gasteiger partial charge in [0.2, 0.25) is 0 Å². The summed E-state index contributed by atoms with van der Waals surface area (Å²) < 4.78 is 0. The molecule has 0 aliphatic carbocycles. The van der Waals surface area contributed by atoms with Gasteiger partial charge in [-0.25, -0.2) is 9.97 Å². The number of hydrogen-bond acceptors (Lipinski definition) is 4. The Balaban J connectivity index is 0.000000686. The lowest BCUT2D eigenvalue weighted by Gasteiger charge is -2.01. The summed E-state index contributed by atoms with van der Waals surface area (Å²) in [6.07, 6.45) is 3.61. The highest BCUT2D eigenvalue weighted by Gasteiger charge is 2.01. The summed E-state index contributed by atoms with van der Waals surface area (Å²) in [4.78, 5) is 8.55. The molecule has 0 aliphatic heterocycles. The van der Waals surface area contributed by atoms with Crippen LogP contribution in [0.4, 0.5) is 0 Å². The second-order valence-corrected chi connectivity index (χ2v) is 5.10. The van der Waals surface area contributed by atoms with Crippen molar-refractivity contribution in [2.24, 2.45) is 0 Å². The molecule has 0 saturated carbocycles. The van der Waals surface area contributed by atoms with Crippen LogP contribution in [0.15, 0.2) is 52.8 Å². The van der Waals surface area contributed by atoms with Crippen molar-refractivity contribution in [1.29, 1.82) is 0 Å². The monoisotopic (exact) mass is 264 g/mol. The highest BCUT2D eigenvalue weighted by Crippen LogP contribution is 2.36. The zero-order chi connectivity index (χ0) is 12.5. The number of pyridine rings is 2. The van der Waals surface area contributed by atoms with E-state index in [1.54, 1.807) is 27.8 Å². The van der Waals surface area contributed by atoms with Crippen molar-refractivity contribution < 1.29 is 0 Å². The Hall–Kier alpha value is -1.00. The number of hydrogen-bond donors (Lipinski definition) is 0. The topological polar surface area (TPSA) is 25.8 Å². The van der Waals surface area contributed by atoms with Crippen LogP contribution in [0.3, 0.4) is 0 Å². The van der Waals surface area contributed by atoms with Crippen LogP contribution < -0.4 is 0 Å². The van der Waals surface area contributed by atoms with Crippen LogP contribution in [0.1, 0.15) is 19.4 Å². The molecule has 0 N–H and O–H groups in total. The van der Waals surface area contributed by atoms with Gasteiger partial charge in [-0.3, -0.25) is 0 Å². The third kappa shape index (κ3) is 4.79.